The van der Waals surface area contributed by atoms with E-state index in [9.17, 15) is 0 Å². The molecule has 164 valence electrons. The molecule has 0 amide bonds. The van der Waals surface area contributed by atoms with E-state index in [2.05, 4.69) is 79.5 Å². The van der Waals surface area contributed by atoms with E-state index in [0.29, 0.717) is 6.61 Å². The van der Waals surface area contributed by atoms with Gasteiger partial charge in [-0.3, -0.25) is 0 Å². The molecule has 3 aromatic rings. The highest BCUT2D eigenvalue weighted by molar-refractivity contribution is 7.15. The summed E-state index contributed by atoms with van der Waals surface area (Å²) < 4.78 is 5.82. The molecule has 2 nitrogen and oxygen atoms in total. The molecule has 0 saturated heterocycles. The zero-order valence-corrected chi connectivity index (χ0v) is 19.8. The van der Waals surface area contributed by atoms with Crippen molar-refractivity contribution in [3.05, 3.63) is 71.8 Å². The van der Waals surface area contributed by atoms with Crippen molar-refractivity contribution in [3.63, 3.8) is 0 Å². The predicted molar refractivity (Wildman–Crippen MR) is 135 cm³/mol. The van der Waals surface area contributed by atoms with Gasteiger partial charge in [0.25, 0.3) is 0 Å². The number of ether oxygens (including phenoxy) is 1. The largest absolute Gasteiger partial charge is 0.490 e. The minimum absolute atomic E-state index is 0.633. The lowest BCUT2D eigenvalue weighted by Crippen LogP contribution is -1.93. The van der Waals surface area contributed by atoms with Crippen LogP contribution in [0.25, 0.3) is 21.7 Å². The first kappa shape index (κ1) is 23.3. The van der Waals surface area contributed by atoms with Crippen LogP contribution in [0.3, 0.4) is 0 Å². The monoisotopic (exact) mass is 433 g/mol. The van der Waals surface area contributed by atoms with Crippen molar-refractivity contribution in [2.75, 3.05) is 6.61 Å². The van der Waals surface area contributed by atoms with Crippen LogP contribution in [-0.4, -0.2) is 11.6 Å². The van der Waals surface area contributed by atoms with Crippen LogP contribution in [0.15, 0.2) is 66.9 Å². The molecule has 31 heavy (non-hydrogen) atoms. The Hall–Kier alpha value is -2.39. The van der Waals surface area contributed by atoms with E-state index in [1.165, 1.54) is 60.1 Å². The summed E-state index contributed by atoms with van der Waals surface area (Å²) in [5.74, 6) is 0.914. The van der Waals surface area contributed by atoms with E-state index in [0.717, 1.165) is 23.6 Å². The Labute approximate surface area is 192 Å². The van der Waals surface area contributed by atoms with E-state index in [1.54, 1.807) is 0 Å². The lowest BCUT2D eigenvalue weighted by Gasteiger charge is -2.06. The summed E-state index contributed by atoms with van der Waals surface area (Å²) in [5.41, 5.74) is 3.61. The Kier molecular flexibility index (Phi) is 9.85. The van der Waals surface area contributed by atoms with Gasteiger partial charge in [-0.1, -0.05) is 88.1 Å². The highest BCUT2D eigenvalue weighted by Gasteiger charge is 2.06. The maximum Gasteiger partial charge on any atom is 0.123 e. The molecule has 2 aromatic carbocycles. The van der Waals surface area contributed by atoms with Gasteiger partial charge in [-0.25, -0.2) is 4.98 Å². The Bertz CT molecular complexity index is 909. The number of rotatable bonds is 13. The molecule has 1 aromatic heterocycles. The molecular formula is C28H35NOS. The standard InChI is InChI=1S/C28H35NOS/c1-3-5-7-8-9-11-21-30-26-19-17-24(18-20-26)23-13-15-25(16-14-23)28-29-22-27(31-28)12-10-6-4-2/h9,11,13-20,22H,3-8,10,12,21H2,1-2H3/b11-9+. The van der Waals surface area contributed by atoms with Gasteiger partial charge >= 0.3 is 0 Å². The average molecular weight is 434 g/mol. The van der Waals surface area contributed by atoms with Gasteiger partial charge in [0.2, 0.25) is 0 Å². The summed E-state index contributed by atoms with van der Waals surface area (Å²) in [4.78, 5) is 6.02. The molecule has 0 aliphatic heterocycles. The van der Waals surface area contributed by atoms with Crippen LogP contribution < -0.4 is 4.74 Å². The smallest absolute Gasteiger partial charge is 0.123 e. The van der Waals surface area contributed by atoms with Gasteiger partial charge in [0.1, 0.15) is 17.4 Å². The van der Waals surface area contributed by atoms with Crippen molar-refractivity contribution in [1.82, 2.24) is 4.98 Å². The topological polar surface area (TPSA) is 22.1 Å². The Morgan fingerprint density at radius 3 is 2.13 bits per heavy atom. The Balaban J connectivity index is 1.51. The molecule has 0 bridgehead atoms. The number of nitrogens with zero attached hydrogens (tertiary/aromatic N) is 1. The second-order valence-electron chi connectivity index (χ2n) is 7.97. The van der Waals surface area contributed by atoms with E-state index in [-0.39, 0.29) is 0 Å². The summed E-state index contributed by atoms with van der Waals surface area (Å²) in [6.07, 6.45) is 16.3. The molecule has 0 atom stereocenters. The summed E-state index contributed by atoms with van der Waals surface area (Å²) in [6.45, 7) is 5.11. The minimum atomic E-state index is 0.633. The lowest BCUT2D eigenvalue weighted by atomic mass is 10.0. The molecule has 0 saturated carbocycles. The fourth-order valence-electron chi connectivity index (χ4n) is 3.50. The number of hydrogen-bond acceptors (Lipinski definition) is 3. The van der Waals surface area contributed by atoms with Gasteiger partial charge in [-0.2, -0.15) is 0 Å². The lowest BCUT2D eigenvalue weighted by molar-refractivity contribution is 0.362. The van der Waals surface area contributed by atoms with E-state index < -0.39 is 0 Å². The number of aromatic nitrogens is 1. The molecule has 0 spiro atoms. The van der Waals surface area contributed by atoms with Crippen LogP contribution >= 0.6 is 11.3 Å². The van der Waals surface area contributed by atoms with Crippen molar-refractivity contribution in [2.24, 2.45) is 0 Å². The first-order valence-corrected chi connectivity index (χ1v) is 12.5. The Morgan fingerprint density at radius 2 is 1.42 bits per heavy atom. The third-order valence-electron chi connectivity index (χ3n) is 5.39. The molecular weight excluding hydrogens is 398 g/mol. The molecule has 0 fully saturated rings. The normalized spacial score (nSPS) is 11.3. The third kappa shape index (κ3) is 7.66. The maximum atomic E-state index is 5.82. The van der Waals surface area contributed by atoms with Crippen molar-refractivity contribution in [3.8, 4) is 27.4 Å². The van der Waals surface area contributed by atoms with Crippen LogP contribution in [-0.2, 0) is 6.42 Å². The molecule has 0 N–H and O–H groups in total. The van der Waals surface area contributed by atoms with Gasteiger partial charge in [-0.05, 0) is 48.9 Å². The van der Waals surface area contributed by atoms with Crippen LogP contribution in [0.4, 0.5) is 0 Å². The van der Waals surface area contributed by atoms with Gasteiger partial charge in [-0.15, -0.1) is 11.3 Å². The van der Waals surface area contributed by atoms with Gasteiger partial charge in [0.15, 0.2) is 0 Å². The highest BCUT2D eigenvalue weighted by Crippen LogP contribution is 2.29. The second-order valence-corrected chi connectivity index (χ2v) is 9.08. The first-order valence-electron chi connectivity index (χ1n) is 11.7. The van der Waals surface area contributed by atoms with Crippen LogP contribution in [0.1, 0.15) is 63.7 Å². The number of allylic oxidation sites excluding steroid dienone is 1. The number of aryl methyl sites for hydroxylation is 1. The number of hydrogen-bond donors (Lipinski definition) is 0. The zero-order chi connectivity index (χ0) is 21.7. The van der Waals surface area contributed by atoms with E-state index >= 15 is 0 Å². The SMILES string of the molecule is CCCCC/C=C/COc1ccc(-c2ccc(-c3ncc(CCCCC)s3)cc2)cc1. The molecule has 0 aliphatic carbocycles. The Morgan fingerprint density at radius 1 is 0.774 bits per heavy atom. The predicted octanol–water partition coefficient (Wildman–Crippen LogP) is 8.73. The highest BCUT2D eigenvalue weighted by atomic mass is 32.1. The van der Waals surface area contributed by atoms with Gasteiger partial charge < -0.3 is 4.74 Å². The summed E-state index contributed by atoms with van der Waals surface area (Å²) in [5, 5.41) is 1.12. The number of thiazole rings is 1. The van der Waals surface area contributed by atoms with Crippen LogP contribution in [0.2, 0.25) is 0 Å². The van der Waals surface area contributed by atoms with Crippen molar-refractivity contribution in [1.29, 1.82) is 0 Å². The second kappa shape index (κ2) is 13.1. The van der Waals surface area contributed by atoms with Gasteiger partial charge in [0, 0.05) is 16.6 Å². The summed E-state index contributed by atoms with van der Waals surface area (Å²) in [6, 6.07) is 17.1. The zero-order valence-electron chi connectivity index (χ0n) is 19.0. The molecule has 0 radical (unpaired) electrons. The van der Waals surface area contributed by atoms with Crippen LogP contribution in [0, 0.1) is 0 Å². The first-order chi connectivity index (χ1) is 15.3. The quantitative estimate of drug-likeness (QED) is 0.198. The summed E-state index contributed by atoms with van der Waals surface area (Å²) in [7, 11) is 0. The van der Waals surface area contributed by atoms with Crippen molar-refractivity contribution in [2.45, 2.75) is 65.2 Å². The van der Waals surface area contributed by atoms with E-state index in [4.69, 9.17) is 4.74 Å². The minimum Gasteiger partial charge on any atom is -0.490 e. The molecule has 0 aliphatic rings. The maximum absolute atomic E-state index is 5.82. The molecule has 0 unspecified atom stereocenters. The average Bonchev–Trinajstić information content (AvgIpc) is 3.28. The number of unbranched alkanes of at least 4 members (excludes halogenated alkanes) is 5. The van der Waals surface area contributed by atoms with Crippen molar-refractivity contribution >= 4 is 11.3 Å². The fraction of sp³-hybridized carbons (Fsp3) is 0.393. The van der Waals surface area contributed by atoms with Crippen molar-refractivity contribution < 1.29 is 4.74 Å². The van der Waals surface area contributed by atoms with Gasteiger partial charge in [0.05, 0.1) is 0 Å². The molecule has 3 rings (SSSR count). The third-order valence-corrected chi connectivity index (χ3v) is 6.49. The fourth-order valence-corrected chi connectivity index (χ4v) is 4.46. The van der Waals surface area contributed by atoms with Crippen LogP contribution in [0.5, 0.6) is 5.75 Å². The molecule has 3 heteroatoms. The van der Waals surface area contributed by atoms with E-state index in [1.807, 2.05) is 17.5 Å². The summed E-state index contributed by atoms with van der Waals surface area (Å²) >= 11 is 1.82. The molecule has 1 heterocycles. The number of benzene rings is 2.